The summed E-state index contributed by atoms with van der Waals surface area (Å²) in [5.41, 5.74) is -0.0624. The molecule has 2 aromatic rings. The summed E-state index contributed by atoms with van der Waals surface area (Å²) in [7, 11) is 2.09. The van der Waals surface area contributed by atoms with Crippen molar-refractivity contribution in [1.82, 2.24) is 9.88 Å². The molecule has 9 heteroatoms. The van der Waals surface area contributed by atoms with Crippen LogP contribution in [0.25, 0.3) is 0 Å². The zero-order valence-electron chi connectivity index (χ0n) is 17.2. The Kier molecular flexibility index (Phi) is 6.14. The number of anilines is 1. The van der Waals surface area contributed by atoms with Crippen LogP contribution in [0, 0.1) is 6.92 Å². The summed E-state index contributed by atoms with van der Waals surface area (Å²) in [6, 6.07) is 6.72. The molecule has 0 N–H and O–H groups in total. The summed E-state index contributed by atoms with van der Waals surface area (Å²) >= 11 is 18.1. The molecule has 31 heavy (non-hydrogen) atoms. The third-order valence-electron chi connectivity index (χ3n) is 6.66. The van der Waals surface area contributed by atoms with Crippen molar-refractivity contribution in [2.45, 2.75) is 43.8 Å². The van der Waals surface area contributed by atoms with Gasteiger partial charge in [0.1, 0.15) is 11.2 Å². The van der Waals surface area contributed by atoms with Crippen LogP contribution in [0.5, 0.6) is 0 Å². The van der Waals surface area contributed by atoms with Crippen molar-refractivity contribution in [2.75, 3.05) is 31.6 Å². The first-order valence-corrected chi connectivity index (χ1v) is 11.3. The van der Waals surface area contributed by atoms with E-state index in [1.54, 1.807) is 4.90 Å². The van der Waals surface area contributed by atoms with E-state index in [1.807, 2.05) is 19.1 Å². The van der Waals surface area contributed by atoms with Crippen molar-refractivity contribution in [3.8, 4) is 0 Å². The Morgan fingerprint density at radius 3 is 2.32 bits per heavy atom. The molecule has 2 atom stereocenters. The van der Waals surface area contributed by atoms with E-state index in [0.29, 0.717) is 11.9 Å². The van der Waals surface area contributed by atoms with Gasteiger partial charge in [-0.15, -0.1) is 0 Å². The number of alkyl halides is 3. The third kappa shape index (κ3) is 4.01. The first-order valence-electron chi connectivity index (χ1n) is 10.2. The highest BCUT2D eigenvalue weighted by molar-refractivity contribution is 6.48. The van der Waals surface area contributed by atoms with Gasteiger partial charge in [0.25, 0.3) is 0 Å². The fourth-order valence-electron chi connectivity index (χ4n) is 4.86. The molecule has 1 aromatic carbocycles. The Labute approximate surface area is 195 Å². The van der Waals surface area contributed by atoms with Crippen molar-refractivity contribution in [3.63, 3.8) is 0 Å². The minimum atomic E-state index is -4.48. The molecule has 2 saturated heterocycles. The van der Waals surface area contributed by atoms with Gasteiger partial charge in [-0.2, -0.15) is 13.2 Å². The zero-order valence-corrected chi connectivity index (χ0v) is 19.5. The number of rotatable bonds is 3. The van der Waals surface area contributed by atoms with Gasteiger partial charge < -0.3 is 4.90 Å². The maximum absolute atomic E-state index is 14.4. The molecule has 3 heterocycles. The van der Waals surface area contributed by atoms with Crippen LogP contribution in [0.1, 0.15) is 42.1 Å². The van der Waals surface area contributed by atoms with Crippen LogP contribution in [-0.4, -0.2) is 42.7 Å². The van der Waals surface area contributed by atoms with Gasteiger partial charge in [-0.05, 0) is 69.1 Å². The largest absolute Gasteiger partial charge is 0.400 e. The second kappa shape index (κ2) is 8.29. The lowest BCUT2D eigenvalue weighted by atomic mass is 9.79. The Hall–Kier alpha value is -1.21. The molecule has 0 amide bonds. The van der Waals surface area contributed by atoms with Crippen LogP contribution in [-0.2, 0) is 5.41 Å². The van der Waals surface area contributed by atoms with Gasteiger partial charge in [0.05, 0.1) is 15.1 Å². The summed E-state index contributed by atoms with van der Waals surface area (Å²) in [6.07, 6.45) is -2.39. The average Bonchev–Trinajstić information content (AvgIpc) is 3.33. The molecule has 1 aromatic heterocycles. The fourth-order valence-corrected chi connectivity index (χ4v) is 5.45. The number of aryl methyl sites for hydroxylation is 1. The van der Waals surface area contributed by atoms with Crippen LogP contribution in [0.2, 0.25) is 15.1 Å². The van der Waals surface area contributed by atoms with Crippen LogP contribution < -0.4 is 4.90 Å². The number of hydrogen-bond donors (Lipinski definition) is 0. The molecular formula is C22H23Cl3F3N3. The van der Waals surface area contributed by atoms with Gasteiger partial charge in [0, 0.05) is 24.8 Å². The minimum Gasteiger partial charge on any atom is -0.355 e. The molecule has 4 rings (SSSR count). The third-order valence-corrected chi connectivity index (χ3v) is 7.86. The normalized spacial score (nSPS) is 24.9. The molecule has 0 saturated carbocycles. The lowest BCUT2D eigenvalue weighted by Crippen LogP contribution is -2.45. The van der Waals surface area contributed by atoms with E-state index >= 15 is 0 Å². The summed E-state index contributed by atoms with van der Waals surface area (Å²) in [4.78, 5) is 8.67. The predicted octanol–water partition coefficient (Wildman–Crippen LogP) is 6.83. The van der Waals surface area contributed by atoms with Crippen LogP contribution >= 0.6 is 34.8 Å². The van der Waals surface area contributed by atoms with Crippen molar-refractivity contribution in [3.05, 3.63) is 56.2 Å². The molecule has 3 nitrogen and oxygen atoms in total. The molecule has 2 aliphatic rings. The molecular weight excluding hydrogens is 470 g/mol. The molecule has 0 aliphatic carbocycles. The zero-order chi connectivity index (χ0) is 22.6. The summed E-state index contributed by atoms with van der Waals surface area (Å²) in [6.45, 7) is 2.95. The van der Waals surface area contributed by atoms with E-state index in [4.69, 9.17) is 34.8 Å². The highest BCUT2D eigenvalue weighted by Gasteiger charge is 2.59. The monoisotopic (exact) mass is 491 g/mol. The topological polar surface area (TPSA) is 19.4 Å². The molecule has 0 spiro atoms. The summed E-state index contributed by atoms with van der Waals surface area (Å²) in [5, 5.41) is 0.0968. The lowest BCUT2D eigenvalue weighted by molar-refractivity contribution is -0.184. The number of likely N-dealkylation sites (tertiary alicyclic amines) is 1. The van der Waals surface area contributed by atoms with Gasteiger partial charge in [0.15, 0.2) is 0 Å². The smallest absolute Gasteiger partial charge is 0.355 e. The van der Waals surface area contributed by atoms with Gasteiger partial charge in [0.2, 0.25) is 0 Å². The highest BCUT2D eigenvalue weighted by atomic mass is 35.5. The van der Waals surface area contributed by atoms with Crippen LogP contribution in [0.15, 0.2) is 24.3 Å². The van der Waals surface area contributed by atoms with Crippen LogP contribution in [0.4, 0.5) is 19.0 Å². The molecule has 2 fully saturated rings. The quantitative estimate of drug-likeness (QED) is 0.438. The van der Waals surface area contributed by atoms with Gasteiger partial charge >= 0.3 is 6.18 Å². The van der Waals surface area contributed by atoms with Crippen molar-refractivity contribution in [2.24, 2.45) is 0 Å². The predicted molar refractivity (Wildman–Crippen MR) is 120 cm³/mol. The van der Waals surface area contributed by atoms with Crippen molar-refractivity contribution < 1.29 is 13.2 Å². The van der Waals surface area contributed by atoms with Crippen molar-refractivity contribution >= 4 is 40.6 Å². The molecule has 168 valence electrons. The van der Waals surface area contributed by atoms with E-state index in [2.05, 4.69) is 16.9 Å². The maximum Gasteiger partial charge on any atom is 0.400 e. The Bertz CT molecular complexity index is 975. The lowest BCUT2D eigenvalue weighted by Gasteiger charge is -2.33. The Morgan fingerprint density at radius 1 is 1.10 bits per heavy atom. The SMILES string of the molecule is Cc1nc(N2CCC(c3cc(Cl)c(Cl)c(Cl)c3)(C(F)(F)F)C2)ccc1C1CCCN1C. The molecule has 2 aliphatic heterocycles. The van der Waals surface area contributed by atoms with Gasteiger partial charge in [-0.1, -0.05) is 40.9 Å². The number of aromatic nitrogens is 1. The second-order valence-corrected chi connectivity index (χ2v) is 9.68. The number of halogens is 6. The minimum absolute atomic E-state index is 0.0187. The average molecular weight is 493 g/mol. The summed E-state index contributed by atoms with van der Waals surface area (Å²) < 4.78 is 43.1. The van der Waals surface area contributed by atoms with Crippen molar-refractivity contribution in [1.29, 1.82) is 0 Å². The second-order valence-electron chi connectivity index (χ2n) is 8.49. The van der Waals surface area contributed by atoms with Crippen LogP contribution in [0.3, 0.4) is 0 Å². The number of pyridine rings is 1. The number of nitrogens with zero attached hydrogens (tertiary/aromatic N) is 3. The number of hydrogen-bond acceptors (Lipinski definition) is 3. The van der Waals surface area contributed by atoms with Gasteiger partial charge in [-0.3, -0.25) is 4.90 Å². The molecule has 0 radical (unpaired) electrons. The first kappa shape index (κ1) is 23.0. The van der Waals surface area contributed by atoms with E-state index in [1.165, 1.54) is 12.1 Å². The summed E-state index contributed by atoms with van der Waals surface area (Å²) in [5.74, 6) is 0.555. The highest BCUT2D eigenvalue weighted by Crippen LogP contribution is 2.50. The maximum atomic E-state index is 14.4. The van der Waals surface area contributed by atoms with Gasteiger partial charge in [-0.25, -0.2) is 4.98 Å². The Morgan fingerprint density at radius 2 is 1.77 bits per heavy atom. The Balaban J connectivity index is 1.66. The van der Waals surface area contributed by atoms with E-state index < -0.39 is 11.6 Å². The molecule has 2 unspecified atom stereocenters. The first-order chi connectivity index (χ1) is 14.5. The molecule has 0 bridgehead atoms. The fraction of sp³-hybridized carbons (Fsp3) is 0.500. The van der Waals surface area contributed by atoms with E-state index in [0.717, 1.165) is 30.6 Å². The van der Waals surface area contributed by atoms with E-state index in [9.17, 15) is 13.2 Å². The van der Waals surface area contributed by atoms with E-state index in [-0.39, 0.29) is 40.1 Å². The standard InChI is InChI=1S/C22H23Cl3F3N3/c1-13-15(18-4-3-8-30(18)2)5-6-19(29-13)31-9-7-21(12-31,22(26,27)28)14-10-16(23)20(25)17(24)11-14/h5-6,10-11,18H,3-4,7-9,12H2,1-2H3. The number of benzene rings is 1.